The van der Waals surface area contributed by atoms with Gasteiger partial charge in [0, 0.05) is 12.5 Å². The van der Waals surface area contributed by atoms with Gasteiger partial charge in [-0.15, -0.1) is 6.58 Å². The van der Waals surface area contributed by atoms with Crippen LogP contribution >= 0.6 is 0 Å². The molecule has 2 N–H and O–H groups in total. The number of aliphatic hydroxyl groups excluding tert-OH is 1. The number of rotatable bonds is 4. The molecule has 0 heterocycles. The van der Waals surface area contributed by atoms with Crippen LogP contribution in [0.25, 0.3) is 0 Å². The molecule has 0 aromatic heterocycles. The van der Waals surface area contributed by atoms with Crippen molar-refractivity contribution in [3.63, 3.8) is 0 Å². The highest BCUT2D eigenvalue weighted by Gasteiger charge is 2.02. The first-order valence-electron chi connectivity index (χ1n) is 3.21. The Kier molecular flexibility index (Phi) is 4.58. The number of amides is 1. The van der Waals surface area contributed by atoms with Gasteiger partial charge in [0.2, 0.25) is 5.91 Å². The summed E-state index contributed by atoms with van der Waals surface area (Å²) >= 11 is 0. The van der Waals surface area contributed by atoms with Crippen LogP contribution in [0.5, 0.6) is 0 Å². The van der Waals surface area contributed by atoms with Crippen LogP contribution in [0.1, 0.15) is 13.3 Å². The maximum absolute atomic E-state index is 10.7. The molecule has 1 amide bonds. The van der Waals surface area contributed by atoms with Crippen LogP contribution in [0.3, 0.4) is 0 Å². The van der Waals surface area contributed by atoms with Gasteiger partial charge in [-0.3, -0.25) is 4.79 Å². The van der Waals surface area contributed by atoms with Crippen molar-refractivity contribution < 1.29 is 9.90 Å². The Hall–Kier alpha value is -0.830. The Morgan fingerprint density at radius 2 is 2.50 bits per heavy atom. The van der Waals surface area contributed by atoms with Crippen LogP contribution in [0, 0.1) is 0 Å². The van der Waals surface area contributed by atoms with Crippen molar-refractivity contribution in [1.82, 2.24) is 5.32 Å². The summed E-state index contributed by atoms with van der Waals surface area (Å²) in [6.07, 6.45) is 1.84. The Morgan fingerprint density at radius 1 is 1.90 bits per heavy atom. The summed E-state index contributed by atoms with van der Waals surface area (Å²) in [6.45, 7) is 5.12. The molecule has 0 bridgehead atoms. The van der Waals surface area contributed by atoms with E-state index in [1.54, 1.807) is 6.92 Å². The van der Waals surface area contributed by atoms with Crippen molar-refractivity contribution in [2.45, 2.75) is 19.4 Å². The fourth-order valence-electron chi connectivity index (χ4n) is 0.510. The lowest BCUT2D eigenvalue weighted by Gasteiger charge is -2.08. The topological polar surface area (TPSA) is 49.3 Å². The third kappa shape index (κ3) is 4.09. The largest absolute Gasteiger partial charge is 0.394 e. The number of hydrogen-bond donors (Lipinski definition) is 2. The van der Waals surface area contributed by atoms with E-state index in [1.807, 2.05) is 0 Å². The minimum absolute atomic E-state index is 0.0249. The number of carbonyl (C=O) groups excluding carboxylic acids is 1. The third-order valence-electron chi connectivity index (χ3n) is 1.01. The Labute approximate surface area is 60.7 Å². The summed E-state index contributed by atoms with van der Waals surface area (Å²) in [7, 11) is 0. The first kappa shape index (κ1) is 9.17. The molecule has 3 heteroatoms. The molecule has 0 aliphatic rings. The predicted molar refractivity (Wildman–Crippen MR) is 39.5 cm³/mol. The Balaban J connectivity index is 3.46. The maximum atomic E-state index is 10.7. The third-order valence-corrected chi connectivity index (χ3v) is 1.01. The van der Waals surface area contributed by atoms with Gasteiger partial charge in [-0.05, 0) is 6.92 Å². The monoisotopic (exact) mass is 143 g/mol. The molecule has 0 saturated carbocycles. The van der Waals surface area contributed by atoms with Crippen LogP contribution in [0.2, 0.25) is 0 Å². The lowest BCUT2D eigenvalue weighted by atomic mass is 10.3. The molecule has 58 valence electrons. The van der Waals surface area contributed by atoms with Crippen molar-refractivity contribution in [2.24, 2.45) is 0 Å². The first-order chi connectivity index (χ1) is 4.70. The SMILES string of the molecule is C=CCC(=O)N[C@@H](C)CO. The highest BCUT2D eigenvalue weighted by atomic mass is 16.3. The van der Waals surface area contributed by atoms with Gasteiger partial charge in [0.05, 0.1) is 6.61 Å². The average Bonchev–Trinajstić information content (AvgIpc) is 1.88. The summed E-state index contributed by atoms with van der Waals surface area (Å²) in [6, 6.07) is -0.160. The molecule has 1 atom stereocenters. The van der Waals surface area contributed by atoms with Gasteiger partial charge in [0.25, 0.3) is 0 Å². The van der Waals surface area contributed by atoms with E-state index in [2.05, 4.69) is 11.9 Å². The minimum atomic E-state index is -0.160. The second-order valence-corrected chi connectivity index (χ2v) is 2.14. The molecule has 0 spiro atoms. The van der Waals surface area contributed by atoms with E-state index in [9.17, 15) is 4.79 Å². The molecule has 0 rings (SSSR count). The standard InChI is InChI=1S/C7H13NO2/c1-3-4-7(10)8-6(2)5-9/h3,6,9H,1,4-5H2,2H3,(H,8,10)/t6-/m0/s1. The first-order valence-corrected chi connectivity index (χ1v) is 3.21. The van der Waals surface area contributed by atoms with E-state index in [-0.39, 0.29) is 18.6 Å². The van der Waals surface area contributed by atoms with Gasteiger partial charge in [0.15, 0.2) is 0 Å². The van der Waals surface area contributed by atoms with Crippen LogP contribution in [0.4, 0.5) is 0 Å². The fourth-order valence-corrected chi connectivity index (χ4v) is 0.510. The van der Waals surface area contributed by atoms with Crippen molar-refractivity contribution in [3.05, 3.63) is 12.7 Å². The van der Waals surface area contributed by atoms with E-state index in [0.29, 0.717) is 6.42 Å². The Morgan fingerprint density at radius 3 is 2.90 bits per heavy atom. The van der Waals surface area contributed by atoms with Gasteiger partial charge >= 0.3 is 0 Å². The second-order valence-electron chi connectivity index (χ2n) is 2.14. The van der Waals surface area contributed by atoms with Crippen molar-refractivity contribution >= 4 is 5.91 Å². The Bertz CT molecular complexity index is 123. The van der Waals surface area contributed by atoms with Crippen LogP contribution in [0.15, 0.2) is 12.7 Å². The summed E-state index contributed by atoms with van der Waals surface area (Å²) in [5, 5.41) is 11.1. The van der Waals surface area contributed by atoms with E-state index in [1.165, 1.54) is 6.08 Å². The van der Waals surface area contributed by atoms with Gasteiger partial charge in [-0.25, -0.2) is 0 Å². The molecule has 3 nitrogen and oxygen atoms in total. The summed E-state index contributed by atoms with van der Waals surface area (Å²) < 4.78 is 0. The molecule has 0 aliphatic carbocycles. The summed E-state index contributed by atoms with van der Waals surface area (Å²) in [5.74, 6) is -0.100. The van der Waals surface area contributed by atoms with E-state index in [0.717, 1.165) is 0 Å². The van der Waals surface area contributed by atoms with Crippen molar-refractivity contribution in [1.29, 1.82) is 0 Å². The van der Waals surface area contributed by atoms with Crippen LogP contribution in [-0.2, 0) is 4.79 Å². The highest BCUT2D eigenvalue weighted by Crippen LogP contribution is 1.83. The van der Waals surface area contributed by atoms with E-state index in [4.69, 9.17) is 5.11 Å². The van der Waals surface area contributed by atoms with Crippen LogP contribution < -0.4 is 5.32 Å². The second kappa shape index (κ2) is 4.99. The minimum Gasteiger partial charge on any atom is -0.394 e. The number of carbonyl (C=O) groups is 1. The number of nitrogens with one attached hydrogen (secondary N) is 1. The molecular weight excluding hydrogens is 130 g/mol. The number of aliphatic hydroxyl groups is 1. The average molecular weight is 143 g/mol. The lowest BCUT2D eigenvalue weighted by molar-refractivity contribution is -0.121. The predicted octanol–water partition coefficient (Wildman–Crippen LogP) is 0.0595. The highest BCUT2D eigenvalue weighted by molar-refractivity contribution is 5.77. The van der Waals surface area contributed by atoms with Gasteiger partial charge in [-0.1, -0.05) is 6.08 Å². The molecular formula is C7H13NO2. The molecule has 0 unspecified atom stereocenters. The molecule has 0 aromatic carbocycles. The molecule has 0 saturated heterocycles. The smallest absolute Gasteiger partial charge is 0.224 e. The van der Waals surface area contributed by atoms with Gasteiger partial charge < -0.3 is 10.4 Å². The zero-order valence-electron chi connectivity index (χ0n) is 6.13. The van der Waals surface area contributed by atoms with E-state index < -0.39 is 0 Å². The van der Waals surface area contributed by atoms with E-state index >= 15 is 0 Å². The van der Waals surface area contributed by atoms with Crippen molar-refractivity contribution in [3.8, 4) is 0 Å². The molecule has 0 fully saturated rings. The van der Waals surface area contributed by atoms with Crippen molar-refractivity contribution in [2.75, 3.05) is 6.61 Å². The zero-order chi connectivity index (χ0) is 7.98. The lowest BCUT2D eigenvalue weighted by Crippen LogP contribution is -2.34. The number of hydrogen-bond acceptors (Lipinski definition) is 2. The fraction of sp³-hybridized carbons (Fsp3) is 0.571. The van der Waals surface area contributed by atoms with Gasteiger partial charge in [0.1, 0.15) is 0 Å². The molecule has 0 radical (unpaired) electrons. The molecule has 0 aromatic rings. The zero-order valence-corrected chi connectivity index (χ0v) is 6.13. The molecule has 0 aliphatic heterocycles. The quantitative estimate of drug-likeness (QED) is 0.547. The van der Waals surface area contributed by atoms with Gasteiger partial charge in [-0.2, -0.15) is 0 Å². The summed E-state index contributed by atoms with van der Waals surface area (Å²) in [4.78, 5) is 10.7. The molecule has 10 heavy (non-hydrogen) atoms. The maximum Gasteiger partial charge on any atom is 0.224 e. The van der Waals surface area contributed by atoms with Crippen LogP contribution in [-0.4, -0.2) is 23.7 Å². The normalized spacial score (nSPS) is 12.2. The summed E-state index contributed by atoms with van der Waals surface area (Å²) in [5.41, 5.74) is 0.